The van der Waals surface area contributed by atoms with Crippen LogP contribution < -0.4 is 5.32 Å². The second kappa shape index (κ2) is 7.04. The summed E-state index contributed by atoms with van der Waals surface area (Å²) >= 11 is 0.907. The van der Waals surface area contributed by atoms with Crippen LogP contribution in [-0.2, 0) is 15.8 Å². The SMILES string of the molecule is Cc1ccc(C=NN=C2NC(=O)C(CC(=O)O)S2)cc1C(F)(F)F. The number of amidine groups is 1. The molecular weight excluding hydrogens is 347 g/mol. The van der Waals surface area contributed by atoms with Gasteiger partial charge in [-0.2, -0.15) is 18.3 Å². The predicted molar refractivity (Wildman–Crippen MR) is 83.0 cm³/mol. The largest absolute Gasteiger partial charge is 0.481 e. The Morgan fingerprint density at radius 3 is 2.79 bits per heavy atom. The summed E-state index contributed by atoms with van der Waals surface area (Å²) in [6.45, 7) is 1.36. The zero-order valence-electron chi connectivity index (χ0n) is 12.3. The van der Waals surface area contributed by atoms with Crippen LogP contribution in [0.4, 0.5) is 13.2 Å². The van der Waals surface area contributed by atoms with Crippen molar-refractivity contribution in [1.82, 2.24) is 5.32 Å². The van der Waals surface area contributed by atoms with Crippen molar-refractivity contribution >= 4 is 35.0 Å². The fourth-order valence-electron chi connectivity index (χ4n) is 1.92. The topological polar surface area (TPSA) is 91.1 Å². The monoisotopic (exact) mass is 359 g/mol. The Bertz CT molecular complexity index is 732. The summed E-state index contributed by atoms with van der Waals surface area (Å²) in [5.74, 6) is -1.61. The lowest BCUT2D eigenvalue weighted by molar-refractivity contribution is -0.138. The number of nitrogens with zero attached hydrogens (tertiary/aromatic N) is 2. The fraction of sp³-hybridized carbons (Fsp3) is 0.286. The summed E-state index contributed by atoms with van der Waals surface area (Å²) in [7, 11) is 0. The summed E-state index contributed by atoms with van der Waals surface area (Å²) in [5.41, 5.74) is -0.459. The molecule has 2 rings (SSSR count). The first-order chi connectivity index (χ1) is 11.2. The first-order valence-electron chi connectivity index (χ1n) is 6.65. The average molecular weight is 359 g/mol. The van der Waals surface area contributed by atoms with Crippen LogP contribution in [0.5, 0.6) is 0 Å². The van der Waals surface area contributed by atoms with Crippen LogP contribution in [0.25, 0.3) is 0 Å². The Hall–Kier alpha value is -2.36. The molecule has 0 saturated carbocycles. The highest BCUT2D eigenvalue weighted by Gasteiger charge is 2.33. The third kappa shape index (κ3) is 4.57. The maximum Gasteiger partial charge on any atom is 0.416 e. The van der Waals surface area contributed by atoms with Crippen molar-refractivity contribution in [2.24, 2.45) is 10.2 Å². The lowest BCUT2D eigenvalue weighted by Crippen LogP contribution is -2.26. The lowest BCUT2D eigenvalue weighted by Gasteiger charge is -2.10. The van der Waals surface area contributed by atoms with Crippen LogP contribution in [0.2, 0.25) is 0 Å². The van der Waals surface area contributed by atoms with Crippen molar-refractivity contribution < 1.29 is 27.9 Å². The highest BCUT2D eigenvalue weighted by atomic mass is 32.2. The van der Waals surface area contributed by atoms with Gasteiger partial charge in [0.15, 0.2) is 5.17 Å². The van der Waals surface area contributed by atoms with Crippen molar-refractivity contribution in [1.29, 1.82) is 0 Å². The van der Waals surface area contributed by atoms with E-state index in [0.29, 0.717) is 0 Å². The van der Waals surface area contributed by atoms with E-state index in [4.69, 9.17) is 5.11 Å². The van der Waals surface area contributed by atoms with Crippen LogP contribution in [0.3, 0.4) is 0 Å². The first kappa shape index (κ1) is 18.0. The van der Waals surface area contributed by atoms with Crippen molar-refractivity contribution in [3.05, 3.63) is 34.9 Å². The molecule has 1 unspecified atom stereocenters. The van der Waals surface area contributed by atoms with Gasteiger partial charge in [0.05, 0.1) is 18.2 Å². The molecule has 24 heavy (non-hydrogen) atoms. The number of aliphatic carboxylic acids is 1. The molecule has 1 atom stereocenters. The molecule has 10 heteroatoms. The molecule has 1 aliphatic heterocycles. The molecule has 0 spiro atoms. The van der Waals surface area contributed by atoms with Crippen LogP contribution >= 0.6 is 11.8 Å². The van der Waals surface area contributed by atoms with E-state index >= 15 is 0 Å². The van der Waals surface area contributed by atoms with E-state index in [0.717, 1.165) is 24.0 Å². The maximum absolute atomic E-state index is 12.8. The third-order valence-corrected chi connectivity index (χ3v) is 4.13. The van der Waals surface area contributed by atoms with E-state index in [2.05, 4.69) is 15.5 Å². The van der Waals surface area contributed by atoms with E-state index in [1.54, 1.807) is 0 Å². The molecule has 6 nitrogen and oxygen atoms in total. The van der Waals surface area contributed by atoms with Crippen LogP contribution in [-0.4, -0.2) is 33.6 Å². The van der Waals surface area contributed by atoms with Gasteiger partial charge in [-0.05, 0) is 24.1 Å². The van der Waals surface area contributed by atoms with Crippen LogP contribution in [0.15, 0.2) is 28.4 Å². The zero-order valence-corrected chi connectivity index (χ0v) is 13.1. The highest BCUT2D eigenvalue weighted by Crippen LogP contribution is 2.32. The van der Waals surface area contributed by atoms with Gasteiger partial charge in [0.2, 0.25) is 5.91 Å². The number of hydrogen-bond acceptors (Lipinski definition) is 5. The van der Waals surface area contributed by atoms with Gasteiger partial charge in [0.25, 0.3) is 0 Å². The van der Waals surface area contributed by atoms with Gasteiger partial charge in [0, 0.05) is 0 Å². The minimum Gasteiger partial charge on any atom is -0.481 e. The van der Waals surface area contributed by atoms with Gasteiger partial charge in [0.1, 0.15) is 5.25 Å². The molecular formula is C14H12F3N3O3S. The number of rotatable bonds is 4. The molecule has 0 bridgehead atoms. The standard InChI is InChI=1S/C14H12F3N3O3S/c1-7-2-3-8(4-9(7)14(15,16)17)6-18-20-13-19-12(23)10(24-13)5-11(21)22/h2-4,6,10H,5H2,1H3,(H,21,22)(H,19,20,23). The van der Waals surface area contributed by atoms with Crippen LogP contribution in [0, 0.1) is 6.92 Å². The Morgan fingerprint density at radius 1 is 1.46 bits per heavy atom. The van der Waals surface area contributed by atoms with Crippen molar-refractivity contribution in [2.75, 3.05) is 0 Å². The van der Waals surface area contributed by atoms with E-state index < -0.39 is 28.9 Å². The molecule has 1 saturated heterocycles. The van der Waals surface area contributed by atoms with Crippen molar-refractivity contribution in [2.45, 2.75) is 24.8 Å². The number of benzene rings is 1. The summed E-state index contributed by atoms with van der Waals surface area (Å²) in [6, 6.07) is 3.74. The Kier molecular flexibility index (Phi) is 5.27. The molecule has 1 amide bonds. The molecule has 128 valence electrons. The summed E-state index contributed by atoms with van der Waals surface area (Å²) in [6.07, 6.45) is -3.69. The van der Waals surface area contributed by atoms with Gasteiger partial charge in [-0.15, -0.1) is 5.10 Å². The van der Waals surface area contributed by atoms with E-state index in [1.165, 1.54) is 19.1 Å². The summed E-state index contributed by atoms with van der Waals surface area (Å²) in [4.78, 5) is 22.1. The number of carbonyl (C=O) groups is 2. The number of alkyl halides is 3. The van der Waals surface area contributed by atoms with Crippen molar-refractivity contribution in [3.63, 3.8) is 0 Å². The van der Waals surface area contributed by atoms with Gasteiger partial charge >= 0.3 is 12.1 Å². The number of carboxylic acid groups (broad SMARTS) is 1. The number of carbonyl (C=O) groups excluding carboxylic acids is 1. The molecule has 1 aliphatic rings. The van der Waals surface area contributed by atoms with E-state index in [9.17, 15) is 22.8 Å². The number of nitrogens with one attached hydrogen (secondary N) is 1. The summed E-state index contributed by atoms with van der Waals surface area (Å²) < 4.78 is 38.4. The molecule has 0 radical (unpaired) electrons. The van der Waals surface area contributed by atoms with Crippen molar-refractivity contribution in [3.8, 4) is 0 Å². The number of amides is 1. The van der Waals surface area contributed by atoms with Crippen LogP contribution in [0.1, 0.15) is 23.1 Å². The lowest BCUT2D eigenvalue weighted by atomic mass is 10.1. The molecule has 1 heterocycles. The van der Waals surface area contributed by atoms with Gasteiger partial charge in [-0.25, -0.2) is 0 Å². The first-order valence-corrected chi connectivity index (χ1v) is 7.53. The Morgan fingerprint density at radius 2 is 2.17 bits per heavy atom. The Labute approximate surface area is 138 Å². The normalized spacial score (nSPS) is 19.9. The molecule has 2 N–H and O–H groups in total. The van der Waals surface area contributed by atoms with Gasteiger partial charge in [-0.3, -0.25) is 9.59 Å². The summed E-state index contributed by atoms with van der Waals surface area (Å²) in [5, 5.41) is 17.6. The number of halogens is 3. The van der Waals surface area contributed by atoms with Gasteiger partial charge in [-0.1, -0.05) is 23.9 Å². The highest BCUT2D eigenvalue weighted by molar-refractivity contribution is 8.15. The number of carboxylic acids is 1. The Balaban J connectivity index is 2.10. The molecule has 1 aromatic rings. The quantitative estimate of drug-likeness (QED) is 0.638. The minimum atomic E-state index is -4.46. The smallest absolute Gasteiger partial charge is 0.416 e. The zero-order chi connectivity index (χ0) is 17.9. The molecule has 1 aromatic carbocycles. The van der Waals surface area contributed by atoms with E-state index in [-0.39, 0.29) is 22.7 Å². The average Bonchev–Trinajstić information content (AvgIpc) is 2.79. The minimum absolute atomic E-state index is 0.0982. The number of aryl methyl sites for hydroxylation is 1. The molecule has 1 fully saturated rings. The number of hydrogen-bond donors (Lipinski definition) is 2. The fourth-order valence-corrected chi connectivity index (χ4v) is 2.83. The number of thioether (sulfide) groups is 1. The molecule has 0 aromatic heterocycles. The second-order valence-corrected chi connectivity index (χ2v) is 6.11. The second-order valence-electron chi connectivity index (χ2n) is 4.92. The third-order valence-electron chi connectivity index (χ3n) is 3.06. The predicted octanol–water partition coefficient (Wildman–Crippen LogP) is 2.41. The molecule has 0 aliphatic carbocycles. The van der Waals surface area contributed by atoms with Gasteiger partial charge < -0.3 is 10.4 Å². The maximum atomic E-state index is 12.8. The van der Waals surface area contributed by atoms with E-state index in [1.807, 2.05) is 0 Å².